The van der Waals surface area contributed by atoms with Gasteiger partial charge in [-0.2, -0.15) is 0 Å². The van der Waals surface area contributed by atoms with Crippen molar-refractivity contribution in [2.24, 2.45) is 0 Å². The third kappa shape index (κ3) is 4.34. The molecule has 21 heavy (non-hydrogen) atoms. The second-order valence-corrected chi connectivity index (χ2v) is 3.73. The topological polar surface area (TPSA) is 74.5 Å². The summed E-state index contributed by atoms with van der Waals surface area (Å²) in [5, 5.41) is 10.4. The van der Waals surface area contributed by atoms with Crippen LogP contribution in [0.3, 0.4) is 0 Å². The first-order valence-corrected chi connectivity index (χ1v) is 5.47. The lowest BCUT2D eigenvalue weighted by Crippen LogP contribution is -2.16. The van der Waals surface area contributed by atoms with Crippen LogP contribution in [0.25, 0.3) is 0 Å². The number of halogens is 3. The molecule has 0 fully saturated rings. The van der Waals surface area contributed by atoms with Crippen molar-refractivity contribution in [3.8, 4) is 17.2 Å². The SMILES string of the molecule is O=[N+]([O-])c1ccc(Oc2ccc(OC(F)(F)F)cc2)cn1. The lowest BCUT2D eigenvalue weighted by atomic mass is 10.3. The Hall–Kier alpha value is -2.84. The summed E-state index contributed by atoms with van der Waals surface area (Å²) in [7, 11) is 0. The van der Waals surface area contributed by atoms with E-state index in [9.17, 15) is 23.3 Å². The highest BCUT2D eigenvalue weighted by Crippen LogP contribution is 2.27. The summed E-state index contributed by atoms with van der Waals surface area (Å²) in [5.74, 6) is -0.266. The Morgan fingerprint density at radius 2 is 1.57 bits per heavy atom. The normalized spacial score (nSPS) is 11.0. The van der Waals surface area contributed by atoms with Gasteiger partial charge in [-0.3, -0.25) is 0 Å². The highest BCUT2D eigenvalue weighted by molar-refractivity contribution is 5.36. The zero-order valence-corrected chi connectivity index (χ0v) is 10.2. The van der Waals surface area contributed by atoms with Crippen molar-refractivity contribution < 1.29 is 27.6 Å². The van der Waals surface area contributed by atoms with Crippen molar-refractivity contribution >= 4 is 5.82 Å². The minimum absolute atomic E-state index is 0.213. The second-order valence-electron chi connectivity index (χ2n) is 3.73. The van der Waals surface area contributed by atoms with Gasteiger partial charge in [0.2, 0.25) is 0 Å². The van der Waals surface area contributed by atoms with Gasteiger partial charge in [0.1, 0.15) is 11.5 Å². The minimum Gasteiger partial charge on any atom is -0.453 e. The van der Waals surface area contributed by atoms with E-state index in [1.165, 1.54) is 18.2 Å². The first kappa shape index (κ1) is 14.6. The lowest BCUT2D eigenvalue weighted by Gasteiger charge is -2.09. The maximum absolute atomic E-state index is 12.0. The number of pyridine rings is 1. The van der Waals surface area contributed by atoms with Crippen LogP contribution in [0.4, 0.5) is 19.0 Å². The van der Waals surface area contributed by atoms with E-state index >= 15 is 0 Å². The van der Waals surface area contributed by atoms with Crippen molar-refractivity contribution in [2.75, 3.05) is 0 Å². The van der Waals surface area contributed by atoms with E-state index in [0.29, 0.717) is 0 Å². The molecule has 0 N–H and O–H groups in total. The van der Waals surface area contributed by atoms with Crippen LogP contribution in [-0.4, -0.2) is 16.3 Å². The van der Waals surface area contributed by atoms with Crippen molar-refractivity contribution in [1.29, 1.82) is 0 Å². The largest absolute Gasteiger partial charge is 0.573 e. The van der Waals surface area contributed by atoms with Crippen LogP contribution in [0.1, 0.15) is 0 Å². The van der Waals surface area contributed by atoms with Crippen LogP contribution >= 0.6 is 0 Å². The maximum Gasteiger partial charge on any atom is 0.573 e. The molecule has 9 heteroatoms. The van der Waals surface area contributed by atoms with E-state index in [1.807, 2.05) is 0 Å². The van der Waals surface area contributed by atoms with Gasteiger partial charge in [-0.05, 0) is 40.2 Å². The summed E-state index contributed by atoms with van der Waals surface area (Å²) in [5.41, 5.74) is 0. The third-order valence-corrected chi connectivity index (χ3v) is 2.20. The molecule has 0 saturated heterocycles. The summed E-state index contributed by atoms with van der Waals surface area (Å²) < 4.78 is 44.9. The molecule has 0 aliphatic heterocycles. The number of nitrogens with zero attached hydrogens (tertiary/aromatic N) is 2. The number of rotatable bonds is 4. The number of nitro groups is 1. The highest BCUT2D eigenvalue weighted by atomic mass is 19.4. The molecule has 0 atom stereocenters. The van der Waals surface area contributed by atoms with Crippen molar-refractivity contribution in [3.05, 3.63) is 52.7 Å². The standard InChI is InChI=1S/C12H7F3N2O4/c13-12(14,15)21-9-3-1-8(2-4-9)20-10-5-6-11(16-7-10)17(18)19/h1-7H. The Morgan fingerprint density at radius 1 is 1.00 bits per heavy atom. The molecule has 2 aromatic rings. The van der Waals surface area contributed by atoms with Gasteiger partial charge in [0.15, 0.2) is 11.9 Å². The average molecular weight is 300 g/mol. The van der Waals surface area contributed by atoms with Gasteiger partial charge >= 0.3 is 12.2 Å². The van der Waals surface area contributed by atoms with E-state index < -0.39 is 11.3 Å². The Kier molecular flexibility index (Phi) is 3.92. The molecule has 6 nitrogen and oxygen atoms in total. The van der Waals surface area contributed by atoms with E-state index in [1.54, 1.807) is 0 Å². The lowest BCUT2D eigenvalue weighted by molar-refractivity contribution is -0.389. The van der Waals surface area contributed by atoms with E-state index in [4.69, 9.17) is 4.74 Å². The Labute approximate surface area is 115 Å². The molecule has 0 saturated carbocycles. The third-order valence-electron chi connectivity index (χ3n) is 2.20. The van der Waals surface area contributed by atoms with Crippen LogP contribution in [-0.2, 0) is 0 Å². The zero-order valence-electron chi connectivity index (χ0n) is 10.2. The average Bonchev–Trinajstić information content (AvgIpc) is 2.40. The number of aromatic nitrogens is 1. The Morgan fingerprint density at radius 3 is 2.05 bits per heavy atom. The molecule has 1 aromatic heterocycles. The van der Waals surface area contributed by atoms with Gasteiger partial charge in [0, 0.05) is 6.07 Å². The number of hydrogen-bond donors (Lipinski definition) is 0. The van der Waals surface area contributed by atoms with Gasteiger partial charge in [0.05, 0.1) is 0 Å². The molecule has 0 bridgehead atoms. The van der Waals surface area contributed by atoms with Crippen LogP contribution in [0, 0.1) is 10.1 Å². The van der Waals surface area contributed by atoms with Gasteiger partial charge in [-0.15, -0.1) is 13.2 Å². The number of ether oxygens (including phenoxy) is 2. The van der Waals surface area contributed by atoms with Crippen LogP contribution in [0.15, 0.2) is 42.6 Å². The molecule has 0 aliphatic carbocycles. The molecular weight excluding hydrogens is 293 g/mol. The van der Waals surface area contributed by atoms with Crippen LogP contribution in [0.5, 0.6) is 17.2 Å². The molecule has 2 rings (SSSR count). The van der Waals surface area contributed by atoms with Crippen LogP contribution in [0.2, 0.25) is 0 Å². The Balaban J connectivity index is 2.04. The van der Waals surface area contributed by atoms with Gasteiger partial charge < -0.3 is 19.6 Å². The smallest absolute Gasteiger partial charge is 0.453 e. The second kappa shape index (κ2) is 5.65. The summed E-state index contributed by atoms with van der Waals surface area (Å²) in [6.07, 6.45) is -3.62. The van der Waals surface area contributed by atoms with Gasteiger partial charge in [0.25, 0.3) is 0 Å². The van der Waals surface area contributed by atoms with Crippen molar-refractivity contribution in [1.82, 2.24) is 4.98 Å². The molecule has 0 unspecified atom stereocenters. The predicted molar refractivity (Wildman–Crippen MR) is 64.1 cm³/mol. The predicted octanol–water partition coefficient (Wildman–Crippen LogP) is 3.68. The molecule has 110 valence electrons. The fourth-order valence-corrected chi connectivity index (χ4v) is 1.39. The number of benzene rings is 1. The van der Waals surface area contributed by atoms with Crippen molar-refractivity contribution in [3.63, 3.8) is 0 Å². The summed E-state index contributed by atoms with van der Waals surface area (Å²) in [6.45, 7) is 0. The van der Waals surface area contributed by atoms with Gasteiger partial charge in [-0.1, -0.05) is 0 Å². The minimum atomic E-state index is -4.76. The van der Waals surface area contributed by atoms with E-state index in [0.717, 1.165) is 24.4 Å². The van der Waals surface area contributed by atoms with Crippen LogP contribution < -0.4 is 9.47 Å². The zero-order chi connectivity index (χ0) is 15.5. The summed E-state index contributed by atoms with van der Waals surface area (Å²) in [4.78, 5) is 13.3. The van der Waals surface area contributed by atoms with E-state index in [-0.39, 0.29) is 23.1 Å². The fraction of sp³-hybridized carbons (Fsp3) is 0.0833. The first-order valence-electron chi connectivity index (χ1n) is 5.47. The van der Waals surface area contributed by atoms with Crippen molar-refractivity contribution in [2.45, 2.75) is 6.36 Å². The molecule has 1 aromatic carbocycles. The highest BCUT2D eigenvalue weighted by Gasteiger charge is 2.30. The molecule has 0 radical (unpaired) electrons. The quantitative estimate of drug-likeness (QED) is 0.636. The summed E-state index contributed by atoms with van der Waals surface area (Å²) in [6, 6.07) is 7.18. The molecule has 0 amide bonds. The fourth-order valence-electron chi connectivity index (χ4n) is 1.39. The Bertz CT molecular complexity index is 626. The molecule has 0 spiro atoms. The first-order chi connectivity index (χ1) is 9.83. The monoisotopic (exact) mass is 300 g/mol. The van der Waals surface area contributed by atoms with Gasteiger partial charge in [-0.25, -0.2) is 0 Å². The molecular formula is C12H7F3N2O4. The van der Waals surface area contributed by atoms with E-state index in [2.05, 4.69) is 9.72 Å². The number of hydrogen-bond acceptors (Lipinski definition) is 5. The summed E-state index contributed by atoms with van der Waals surface area (Å²) >= 11 is 0. The number of alkyl halides is 3. The molecule has 1 heterocycles. The maximum atomic E-state index is 12.0. The molecule has 0 aliphatic rings.